The summed E-state index contributed by atoms with van der Waals surface area (Å²) in [5, 5.41) is 1.74. The molecule has 0 aliphatic carbocycles. The van der Waals surface area contributed by atoms with Crippen LogP contribution in [0.5, 0.6) is 0 Å². The summed E-state index contributed by atoms with van der Waals surface area (Å²) in [5.74, 6) is 0.702. The fraction of sp³-hybridized carbons (Fsp3) is 0.300. The molecule has 1 fully saturated rings. The lowest BCUT2D eigenvalue weighted by Crippen LogP contribution is -2.27. The SMILES string of the molecule is Cc1ccc(-n2c(SC[C@H]3CCOCO3)nc3cc(Cl)ccc3c2=O)cc1. The molecular weight excluding hydrogens is 384 g/mol. The zero-order chi connectivity index (χ0) is 18.8. The maximum absolute atomic E-state index is 13.2. The van der Waals surface area contributed by atoms with E-state index in [1.165, 1.54) is 11.8 Å². The van der Waals surface area contributed by atoms with E-state index in [0.717, 1.165) is 17.7 Å². The molecule has 0 unspecified atom stereocenters. The van der Waals surface area contributed by atoms with Crippen molar-refractivity contribution < 1.29 is 9.47 Å². The molecule has 2 aromatic carbocycles. The fourth-order valence-corrected chi connectivity index (χ4v) is 4.20. The third-order valence-electron chi connectivity index (χ3n) is 4.46. The van der Waals surface area contributed by atoms with Gasteiger partial charge in [-0.2, -0.15) is 0 Å². The highest BCUT2D eigenvalue weighted by atomic mass is 35.5. The van der Waals surface area contributed by atoms with Gasteiger partial charge >= 0.3 is 0 Å². The Morgan fingerprint density at radius 1 is 1.26 bits per heavy atom. The average Bonchev–Trinajstić information content (AvgIpc) is 2.68. The van der Waals surface area contributed by atoms with Crippen molar-refractivity contribution in [3.05, 3.63) is 63.4 Å². The number of fused-ring (bicyclic) bond motifs is 1. The van der Waals surface area contributed by atoms with Crippen LogP contribution in [0.3, 0.4) is 0 Å². The van der Waals surface area contributed by atoms with Crippen molar-refractivity contribution in [2.45, 2.75) is 24.6 Å². The lowest BCUT2D eigenvalue weighted by molar-refractivity contribution is -0.130. The molecule has 1 saturated heterocycles. The summed E-state index contributed by atoms with van der Waals surface area (Å²) in [6.07, 6.45) is 0.920. The zero-order valence-electron chi connectivity index (χ0n) is 14.9. The van der Waals surface area contributed by atoms with E-state index in [1.807, 2.05) is 31.2 Å². The van der Waals surface area contributed by atoms with Crippen LogP contribution in [-0.2, 0) is 9.47 Å². The Balaban J connectivity index is 1.79. The van der Waals surface area contributed by atoms with Crippen molar-refractivity contribution in [1.29, 1.82) is 0 Å². The number of hydrogen-bond acceptors (Lipinski definition) is 5. The fourth-order valence-electron chi connectivity index (χ4n) is 2.96. The van der Waals surface area contributed by atoms with E-state index in [-0.39, 0.29) is 11.7 Å². The number of benzene rings is 2. The Bertz CT molecular complexity index is 1010. The topological polar surface area (TPSA) is 53.4 Å². The third kappa shape index (κ3) is 4.04. The van der Waals surface area contributed by atoms with E-state index in [2.05, 4.69) is 0 Å². The molecule has 3 aromatic rings. The maximum Gasteiger partial charge on any atom is 0.266 e. The predicted octanol–water partition coefficient (Wildman–Crippen LogP) is 4.20. The Hall–Kier alpha value is -1.86. The third-order valence-corrected chi connectivity index (χ3v) is 5.77. The van der Waals surface area contributed by atoms with E-state index >= 15 is 0 Å². The van der Waals surface area contributed by atoms with E-state index < -0.39 is 0 Å². The van der Waals surface area contributed by atoms with E-state index in [0.29, 0.717) is 40.2 Å². The average molecular weight is 403 g/mol. The summed E-state index contributed by atoms with van der Waals surface area (Å²) < 4.78 is 12.5. The number of thioether (sulfide) groups is 1. The molecule has 140 valence electrons. The minimum absolute atomic E-state index is 0.0854. The number of hydrogen-bond donors (Lipinski definition) is 0. The minimum Gasteiger partial charge on any atom is -0.355 e. The highest BCUT2D eigenvalue weighted by Crippen LogP contribution is 2.25. The summed E-state index contributed by atoms with van der Waals surface area (Å²) in [4.78, 5) is 17.9. The summed E-state index contributed by atoms with van der Waals surface area (Å²) in [6.45, 7) is 3.03. The highest BCUT2D eigenvalue weighted by molar-refractivity contribution is 7.99. The van der Waals surface area contributed by atoms with Gasteiger partial charge in [-0.1, -0.05) is 41.1 Å². The van der Waals surface area contributed by atoms with Crippen molar-refractivity contribution >= 4 is 34.3 Å². The van der Waals surface area contributed by atoms with Gasteiger partial charge in [-0.15, -0.1) is 0 Å². The van der Waals surface area contributed by atoms with Gasteiger partial charge in [-0.25, -0.2) is 4.98 Å². The second-order valence-corrected chi connectivity index (χ2v) is 7.87. The molecule has 1 atom stereocenters. The molecule has 0 spiro atoms. The molecule has 1 aromatic heterocycles. The summed E-state index contributed by atoms with van der Waals surface area (Å²) >= 11 is 7.62. The van der Waals surface area contributed by atoms with Crippen LogP contribution in [0.15, 0.2) is 52.4 Å². The quantitative estimate of drug-likeness (QED) is 0.483. The molecule has 2 heterocycles. The lowest BCUT2D eigenvalue weighted by atomic mass is 10.2. The van der Waals surface area contributed by atoms with Crippen LogP contribution < -0.4 is 5.56 Å². The molecule has 0 bridgehead atoms. The van der Waals surface area contributed by atoms with E-state index in [1.54, 1.807) is 22.8 Å². The largest absolute Gasteiger partial charge is 0.355 e. The van der Waals surface area contributed by atoms with Crippen molar-refractivity contribution in [3.8, 4) is 5.69 Å². The van der Waals surface area contributed by atoms with Crippen molar-refractivity contribution in [2.24, 2.45) is 0 Å². The second-order valence-electron chi connectivity index (χ2n) is 6.45. The molecule has 0 saturated carbocycles. The van der Waals surface area contributed by atoms with Crippen molar-refractivity contribution in [2.75, 3.05) is 19.2 Å². The van der Waals surface area contributed by atoms with Crippen LogP contribution in [0.1, 0.15) is 12.0 Å². The first-order valence-electron chi connectivity index (χ1n) is 8.73. The summed E-state index contributed by atoms with van der Waals surface area (Å²) in [6, 6.07) is 13.0. The number of rotatable bonds is 4. The Labute approximate surface area is 166 Å². The van der Waals surface area contributed by atoms with Gasteiger partial charge in [0.25, 0.3) is 5.56 Å². The molecule has 7 heteroatoms. The molecule has 0 radical (unpaired) electrons. The normalized spacial score (nSPS) is 17.3. The van der Waals surface area contributed by atoms with Gasteiger partial charge in [0.1, 0.15) is 6.79 Å². The molecule has 5 nitrogen and oxygen atoms in total. The molecule has 0 N–H and O–H groups in total. The molecule has 27 heavy (non-hydrogen) atoms. The first kappa shape index (κ1) is 18.5. The van der Waals surface area contributed by atoms with Gasteiger partial charge < -0.3 is 9.47 Å². The zero-order valence-corrected chi connectivity index (χ0v) is 16.4. The van der Waals surface area contributed by atoms with Crippen LogP contribution in [-0.4, -0.2) is 34.8 Å². The van der Waals surface area contributed by atoms with Gasteiger partial charge in [0.05, 0.1) is 29.3 Å². The Morgan fingerprint density at radius 2 is 2.07 bits per heavy atom. The van der Waals surface area contributed by atoms with Gasteiger partial charge in [0.2, 0.25) is 0 Å². The van der Waals surface area contributed by atoms with Crippen LogP contribution in [0.25, 0.3) is 16.6 Å². The minimum atomic E-state index is -0.101. The van der Waals surface area contributed by atoms with Crippen molar-refractivity contribution in [3.63, 3.8) is 0 Å². The Morgan fingerprint density at radius 3 is 2.81 bits per heavy atom. The monoisotopic (exact) mass is 402 g/mol. The number of halogens is 1. The van der Waals surface area contributed by atoms with Crippen LogP contribution >= 0.6 is 23.4 Å². The lowest BCUT2D eigenvalue weighted by Gasteiger charge is -2.22. The maximum atomic E-state index is 13.2. The first-order chi connectivity index (χ1) is 13.1. The number of nitrogens with zero attached hydrogens (tertiary/aromatic N) is 2. The van der Waals surface area contributed by atoms with E-state index in [4.69, 9.17) is 26.1 Å². The molecular formula is C20H19ClN2O3S. The molecule has 1 aliphatic heterocycles. The first-order valence-corrected chi connectivity index (χ1v) is 10.1. The predicted molar refractivity (Wildman–Crippen MR) is 108 cm³/mol. The van der Waals surface area contributed by atoms with Gasteiger partial charge in [-0.3, -0.25) is 9.36 Å². The molecule has 0 amide bonds. The number of ether oxygens (including phenoxy) is 2. The Kier molecular flexibility index (Phi) is 5.50. The number of aryl methyl sites for hydroxylation is 1. The van der Waals surface area contributed by atoms with Crippen LogP contribution in [0.2, 0.25) is 5.02 Å². The molecule has 4 rings (SSSR count). The second kappa shape index (κ2) is 8.02. The number of aromatic nitrogens is 2. The summed E-state index contributed by atoms with van der Waals surface area (Å²) in [5.41, 5.74) is 2.43. The van der Waals surface area contributed by atoms with Crippen LogP contribution in [0, 0.1) is 6.92 Å². The standard InChI is InChI=1S/C20H19ClN2O3S/c1-13-2-5-15(6-3-13)23-19(24)17-7-4-14(21)10-18(17)22-20(23)27-11-16-8-9-25-12-26-16/h2-7,10,16H,8-9,11-12H2,1H3/t16-/m1/s1. The van der Waals surface area contributed by atoms with Crippen molar-refractivity contribution in [1.82, 2.24) is 9.55 Å². The van der Waals surface area contributed by atoms with Gasteiger partial charge in [0, 0.05) is 10.8 Å². The van der Waals surface area contributed by atoms with Crippen LogP contribution in [0.4, 0.5) is 0 Å². The molecule has 1 aliphatic rings. The van der Waals surface area contributed by atoms with Gasteiger partial charge in [0.15, 0.2) is 5.16 Å². The van der Waals surface area contributed by atoms with Gasteiger partial charge in [-0.05, 0) is 43.7 Å². The highest BCUT2D eigenvalue weighted by Gasteiger charge is 2.18. The van der Waals surface area contributed by atoms with E-state index in [9.17, 15) is 4.79 Å². The summed E-state index contributed by atoms with van der Waals surface area (Å²) in [7, 11) is 0. The smallest absolute Gasteiger partial charge is 0.266 e.